The van der Waals surface area contributed by atoms with E-state index >= 15 is 0 Å². The van der Waals surface area contributed by atoms with Gasteiger partial charge in [0.1, 0.15) is 23.9 Å². The Morgan fingerprint density at radius 3 is 1.07 bits per heavy atom. The van der Waals surface area contributed by atoms with Gasteiger partial charge >= 0.3 is 24.4 Å². The molecule has 0 fully saturated rings. The fourth-order valence-electron chi connectivity index (χ4n) is 7.43. The van der Waals surface area contributed by atoms with E-state index in [0.717, 1.165) is 11.1 Å². The summed E-state index contributed by atoms with van der Waals surface area (Å²) in [5, 5.41) is 51.4. The molecular weight excluding hydrogens is 1160 g/mol. The van der Waals surface area contributed by atoms with Crippen LogP contribution in [-0.4, -0.2) is 92.8 Å². The summed E-state index contributed by atoms with van der Waals surface area (Å²) < 4.78 is 19.7. The number of ketones is 2. The number of Topliss-reactive ketones (excluding diaryl/α,β-unsaturated/α-hetero) is 2. The van der Waals surface area contributed by atoms with Crippen LogP contribution in [0.2, 0.25) is 0 Å². The largest absolute Gasteiger partial charge is 0.519 e. The summed E-state index contributed by atoms with van der Waals surface area (Å²) in [5.41, 5.74) is 12.7. The number of ether oxygens (including phenoxy) is 4. The first kappa shape index (κ1) is 74.7. The Kier molecular flexibility index (Phi) is 32.4. The van der Waals surface area contributed by atoms with Crippen molar-refractivity contribution < 1.29 is 77.2 Å². The number of primary amides is 2. The SMILES string of the molecule is C.CC(C)[C@H](C)C(=O)N[C@@H](CCCNC(N)=O)C(=O)Cc1ccc(CO)cc1.CC(C)[C@H](C)C(=O)N[C@@H](CCCNC(N)=O)C(=O)Cc1ccc(COC(=O)Oc2ccc([N+](=O)[O-])cc2)cc1.O=C(Oc1ccc([N+](=O)[O-])cc1)Oc1ccc([N+](=O)[O-])cc1. The molecule has 0 saturated heterocycles. The Labute approximate surface area is 513 Å². The Balaban J connectivity index is 0.000000474. The average molecular weight is 1240 g/mol. The molecular formula is C61H77N9O19. The predicted molar refractivity (Wildman–Crippen MR) is 325 cm³/mol. The van der Waals surface area contributed by atoms with Gasteiger partial charge in [0.15, 0.2) is 11.6 Å². The number of nitrogens with one attached hydrogen (secondary N) is 4. The zero-order valence-corrected chi connectivity index (χ0v) is 49.4. The second-order valence-corrected chi connectivity index (χ2v) is 20.5. The minimum absolute atomic E-state index is 0. The summed E-state index contributed by atoms with van der Waals surface area (Å²) in [4.78, 5) is 126. The molecule has 28 heteroatoms. The van der Waals surface area contributed by atoms with Gasteiger partial charge in [0.05, 0.1) is 33.5 Å². The third kappa shape index (κ3) is 28.6. The van der Waals surface area contributed by atoms with E-state index in [1.54, 1.807) is 55.5 Å². The van der Waals surface area contributed by atoms with Gasteiger partial charge in [-0.2, -0.15) is 0 Å². The molecule has 0 unspecified atom stereocenters. The van der Waals surface area contributed by atoms with Crippen LogP contribution in [0.3, 0.4) is 0 Å². The minimum atomic E-state index is -1.07. The van der Waals surface area contributed by atoms with E-state index in [0.29, 0.717) is 43.4 Å². The summed E-state index contributed by atoms with van der Waals surface area (Å²) in [6, 6.07) is 26.1. The van der Waals surface area contributed by atoms with Gasteiger partial charge in [-0.15, -0.1) is 0 Å². The molecule has 0 aliphatic carbocycles. The fourth-order valence-corrected chi connectivity index (χ4v) is 7.43. The van der Waals surface area contributed by atoms with Gasteiger partial charge in [-0.1, -0.05) is 97.5 Å². The summed E-state index contributed by atoms with van der Waals surface area (Å²) in [7, 11) is 0. The number of aliphatic hydroxyl groups is 1. The smallest absolute Gasteiger partial charge is 0.429 e. The number of nitrogens with zero attached hydrogens (tertiary/aromatic N) is 3. The molecule has 0 saturated carbocycles. The highest BCUT2D eigenvalue weighted by atomic mass is 16.7. The van der Waals surface area contributed by atoms with Gasteiger partial charge in [-0.25, -0.2) is 19.2 Å². The van der Waals surface area contributed by atoms with Gasteiger partial charge < -0.3 is 56.8 Å². The van der Waals surface area contributed by atoms with Crippen molar-refractivity contribution >= 4 is 64.8 Å². The summed E-state index contributed by atoms with van der Waals surface area (Å²) in [5.74, 6) is -0.570. The number of urea groups is 2. The quantitative estimate of drug-likeness (QED) is 0.00772. The van der Waals surface area contributed by atoms with Crippen LogP contribution in [0.4, 0.5) is 36.2 Å². The molecule has 0 spiro atoms. The molecule has 0 aromatic heterocycles. The van der Waals surface area contributed by atoms with Crippen molar-refractivity contribution in [3.8, 4) is 17.2 Å². The molecule has 89 heavy (non-hydrogen) atoms. The topological polar surface area (TPSA) is 423 Å². The number of nitro benzene ring substituents is 3. The molecule has 0 aliphatic heterocycles. The number of non-ortho nitro benzene ring substituents is 3. The minimum Gasteiger partial charge on any atom is -0.429 e. The fraction of sp³-hybridized carbons (Fsp3) is 0.377. The molecule has 0 bridgehead atoms. The van der Waals surface area contributed by atoms with Gasteiger partial charge in [0.25, 0.3) is 17.1 Å². The summed E-state index contributed by atoms with van der Waals surface area (Å²) >= 11 is 0. The zero-order valence-electron chi connectivity index (χ0n) is 49.4. The van der Waals surface area contributed by atoms with E-state index in [2.05, 4.69) is 21.3 Å². The van der Waals surface area contributed by atoms with Gasteiger partial charge in [0.2, 0.25) is 11.8 Å². The van der Waals surface area contributed by atoms with Crippen molar-refractivity contribution in [2.45, 2.75) is 113 Å². The Morgan fingerprint density at radius 1 is 0.472 bits per heavy atom. The zero-order chi connectivity index (χ0) is 65.5. The molecule has 0 radical (unpaired) electrons. The third-order valence-corrected chi connectivity index (χ3v) is 13.3. The lowest BCUT2D eigenvalue weighted by Crippen LogP contribution is -2.45. The lowest BCUT2D eigenvalue weighted by atomic mass is 9.95. The van der Waals surface area contributed by atoms with Gasteiger partial charge in [-0.3, -0.25) is 49.5 Å². The van der Waals surface area contributed by atoms with Crippen LogP contribution in [0.1, 0.15) is 96.9 Å². The number of hydrogen-bond donors (Lipinski definition) is 7. The molecule has 5 rings (SSSR count). The number of rotatable bonds is 29. The molecule has 28 nitrogen and oxygen atoms in total. The first-order valence-corrected chi connectivity index (χ1v) is 27.6. The second kappa shape index (κ2) is 38.6. The van der Waals surface area contributed by atoms with Crippen LogP contribution < -0.4 is 46.9 Å². The standard InChI is InChI=1S/C27H34N4O8.C20H31N3O4.C13H8N2O7.CH4/c1-17(2)18(3)25(33)30-23(5-4-14-29-26(28)34)24(32)15-19-6-8-20(9-7-19)16-38-27(35)39-22-12-10-21(11-13-22)31(36)37;1-13(2)14(3)19(26)23-17(5-4-10-22-20(21)27)18(25)11-15-6-8-16(12-24)9-7-15;16-13(21-11-5-1-9(2-6-11)14(17)18)22-12-7-3-10(4-8-12)15(19)20;/h6-13,17-18,23H,4-5,14-16H2,1-3H3,(H,30,33)(H3,28,29,34);6-9,13-14,17,24H,4-5,10-12H2,1-3H3,(H,23,26)(H3,21,22,27);1-8H;1H4/t18-,23-;14-,17-;;/m00../s1. The van der Waals surface area contributed by atoms with Crippen molar-refractivity contribution in [1.82, 2.24) is 21.3 Å². The van der Waals surface area contributed by atoms with Gasteiger partial charge in [-0.05, 0) is 96.2 Å². The van der Waals surface area contributed by atoms with Crippen LogP contribution in [0.5, 0.6) is 17.2 Å². The number of nitro groups is 3. The van der Waals surface area contributed by atoms with Crippen molar-refractivity contribution in [3.05, 3.63) is 174 Å². The molecule has 5 aromatic carbocycles. The van der Waals surface area contributed by atoms with E-state index < -0.39 is 51.2 Å². The number of aliphatic hydroxyl groups excluding tert-OH is 1. The predicted octanol–water partition coefficient (Wildman–Crippen LogP) is 8.88. The molecule has 480 valence electrons. The van der Waals surface area contributed by atoms with E-state index in [1.165, 1.54) is 72.8 Å². The maximum Gasteiger partial charge on any atom is 0.519 e. The van der Waals surface area contributed by atoms with Crippen LogP contribution in [0.15, 0.2) is 121 Å². The summed E-state index contributed by atoms with van der Waals surface area (Å²) in [6.45, 7) is 11.9. The van der Waals surface area contributed by atoms with E-state index in [9.17, 15) is 68.7 Å². The number of amides is 6. The molecule has 4 atom stereocenters. The molecule has 0 aliphatic rings. The van der Waals surface area contributed by atoms with Crippen molar-refractivity contribution in [3.63, 3.8) is 0 Å². The molecule has 9 N–H and O–H groups in total. The first-order chi connectivity index (χ1) is 41.6. The number of carbonyl (C=O) groups excluding carboxylic acids is 8. The van der Waals surface area contributed by atoms with Crippen LogP contribution in [0, 0.1) is 54.0 Å². The number of nitrogens with two attached hydrogens (primary N) is 2. The van der Waals surface area contributed by atoms with Crippen molar-refractivity contribution in [2.24, 2.45) is 35.1 Å². The number of hydrogen-bond acceptors (Lipinski definition) is 19. The van der Waals surface area contributed by atoms with Crippen LogP contribution in [0.25, 0.3) is 0 Å². The highest BCUT2D eigenvalue weighted by Crippen LogP contribution is 2.22. The maximum absolute atomic E-state index is 13.1. The highest BCUT2D eigenvalue weighted by molar-refractivity contribution is 5.92. The molecule has 0 heterocycles. The Morgan fingerprint density at radius 2 is 0.775 bits per heavy atom. The summed E-state index contributed by atoms with van der Waals surface area (Å²) in [6.07, 6.45) is -0.0150. The average Bonchev–Trinajstić information content (AvgIpc) is 3.64. The van der Waals surface area contributed by atoms with Gasteiger partial charge in [0, 0.05) is 74.2 Å². The van der Waals surface area contributed by atoms with E-state index in [4.69, 9.17) is 35.5 Å². The Hall–Kier alpha value is -10.4. The molecule has 6 amide bonds. The first-order valence-electron chi connectivity index (χ1n) is 27.6. The van der Waals surface area contributed by atoms with Crippen LogP contribution >= 0.6 is 0 Å². The van der Waals surface area contributed by atoms with Crippen molar-refractivity contribution in [1.29, 1.82) is 0 Å². The lowest BCUT2D eigenvalue weighted by Gasteiger charge is -2.22. The van der Waals surface area contributed by atoms with E-state index in [1.807, 2.05) is 34.6 Å². The van der Waals surface area contributed by atoms with E-state index in [-0.39, 0.29) is 121 Å². The second-order valence-electron chi connectivity index (χ2n) is 20.5. The monoisotopic (exact) mass is 1240 g/mol. The number of carbonyl (C=O) groups is 8. The third-order valence-electron chi connectivity index (χ3n) is 13.3. The Bertz CT molecular complexity index is 3080. The normalized spacial score (nSPS) is 11.7. The highest BCUT2D eigenvalue weighted by Gasteiger charge is 2.27. The maximum atomic E-state index is 13.1. The lowest BCUT2D eigenvalue weighted by molar-refractivity contribution is -0.385. The van der Waals surface area contributed by atoms with Crippen molar-refractivity contribution in [2.75, 3.05) is 13.1 Å². The van der Waals surface area contributed by atoms with Crippen LogP contribution in [-0.2, 0) is 50.0 Å². The number of benzene rings is 5. The molecule has 5 aromatic rings.